The van der Waals surface area contributed by atoms with Crippen LogP contribution < -0.4 is 0 Å². The first-order valence-electron chi connectivity index (χ1n) is 8.06. The quantitative estimate of drug-likeness (QED) is 0.816. The van der Waals surface area contributed by atoms with Crippen LogP contribution >= 0.6 is 0 Å². The van der Waals surface area contributed by atoms with Crippen LogP contribution in [0.15, 0.2) is 0 Å². The van der Waals surface area contributed by atoms with Gasteiger partial charge in [-0.2, -0.15) is 0 Å². The molecule has 6 nitrogen and oxygen atoms in total. The molecule has 2 rings (SSSR count). The van der Waals surface area contributed by atoms with Gasteiger partial charge in [0.05, 0.1) is 12.5 Å². The Morgan fingerprint density at radius 1 is 1.29 bits per heavy atom. The van der Waals surface area contributed by atoms with E-state index in [0.717, 1.165) is 12.2 Å². The summed E-state index contributed by atoms with van der Waals surface area (Å²) in [4.78, 5) is 11.1. The molecule has 0 radical (unpaired) electrons. The molecule has 1 fully saturated rings. The second-order valence-electron chi connectivity index (χ2n) is 6.51. The van der Waals surface area contributed by atoms with E-state index in [1.54, 1.807) is 4.68 Å². The topological polar surface area (TPSA) is 80.9 Å². The van der Waals surface area contributed by atoms with Crippen molar-refractivity contribution >= 4 is 5.97 Å². The van der Waals surface area contributed by atoms with Gasteiger partial charge in [0.25, 0.3) is 0 Å². The zero-order valence-electron chi connectivity index (χ0n) is 13.0. The molecule has 1 heterocycles. The Morgan fingerprint density at radius 2 is 1.95 bits per heavy atom. The third-order valence-corrected chi connectivity index (χ3v) is 4.47. The normalized spacial score (nSPS) is 18.6. The van der Waals surface area contributed by atoms with Crippen molar-refractivity contribution in [3.05, 3.63) is 5.82 Å². The van der Waals surface area contributed by atoms with Gasteiger partial charge < -0.3 is 5.11 Å². The maximum Gasteiger partial charge on any atom is 0.305 e. The fraction of sp³-hybridized carbons (Fsp3) is 0.867. The van der Waals surface area contributed by atoms with Crippen molar-refractivity contribution in [3.8, 4) is 0 Å². The Balaban J connectivity index is 2.10. The smallest absolute Gasteiger partial charge is 0.305 e. The van der Waals surface area contributed by atoms with E-state index in [1.807, 2.05) is 13.8 Å². The highest BCUT2D eigenvalue weighted by Crippen LogP contribution is 2.27. The molecule has 1 aliphatic rings. The summed E-state index contributed by atoms with van der Waals surface area (Å²) in [5.41, 5.74) is 0. The third-order valence-electron chi connectivity index (χ3n) is 4.47. The lowest BCUT2D eigenvalue weighted by Gasteiger charge is -2.21. The van der Waals surface area contributed by atoms with Gasteiger partial charge in [-0.1, -0.05) is 52.4 Å². The van der Waals surface area contributed by atoms with Gasteiger partial charge in [0.2, 0.25) is 0 Å². The number of carboxylic acid groups (broad SMARTS) is 1. The SMILES string of the molecule is CC(C)C(CC(=O)O)n1nnnc1CC1CCCCCC1. The summed E-state index contributed by atoms with van der Waals surface area (Å²) in [5, 5.41) is 21.1. The molecule has 1 aromatic heterocycles. The summed E-state index contributed by atoms with van der Waals surface area (Å²) >= 11 is 0. The molecule has 1 atom stereocenters. The molecule has 1 unspecified atom stereocenters. The van der Waals surface area contributed by atoms with E-state index < -0.39 is 5.97 Å². The lowest BCUT2D eigenvalue weighted by atomic mass is 9.95. The Kier molecular flexibility index (Phi) is 5.70. The van der Waals surface area contributed by atoms with Crippen LogP contribution in [0.4, 0.5) is 0 Å². The highest BCUT2D eigenvalue weighted by molar-refractivity contribution is 5.67. The van der Waals surface area contributed by atoms with Gasteiger partial charge in [-0.25, -0.2) is 4.68 Å². The summed E-state index contributed by atoms with van der Waals surface area (Å²) in [6.45, 7) is 4.04. The zero-order valence-corrected chi connectivity index (χ0v) is 13.0. The number of hydrogen-bond donors (Lipinski definition) is 1. The number of nitrogens with zero attached hydrogens (tertiary/aromatic N) is 4. The van der Waals surface area contributed by atoms with Crippen LogP contribution in [0.1, 0.15) is 70.7 Å². The minimum Gasteiger partial charge on any atom is -0.481 e. The van der Waals surface area contributed by atoms with Gasteiger partial charge in [0.1, 0.15) is 0 Å². The number of aromatic nitrogens is 4. The number of carbonyl (C=O) groups is 1. The van der Waals surface area contributed by atoms with Gasteiger partial charge in [-0.15, -0.1) is 5.10 Å². The maximum atomic E-state index is 11.1. The van der Waals surface area contributed by atoms with Crippen molar-refractivity contribution in [1.82, 2.24) is 20.2 Å². The standard InChI is InChI=1S/C15H26N4O2/c1-11(2)13(10-15(20)21)19-14(16-17-18-19)9-12-7-5-3-4-6-8-12/h11-13H,3-10H2,1-2H3,(H,20,21). The van der Waals surface area contributed by atoms with Crippen LogP contribution in [0.3, 0.4) is 0 Å². The Morgan fingerprint density at radius 3 is 2.52 bits per heavy atom. The first kappa shape index (κ1) is 15.9. The molecule has 0 amide bonds. The summed E-state index contributed by atoms with van der Waals surface area (Å²) in [5.74, 6) is 0.874. The monoisotopic (exact) mass is 294 g/mol. The van der Waals surface area contributed by atoms with Crippen molar-refractivity contribution < 1.29 is 9.90 Å². The first-order valence-corrected chi connectivity index (χ1v) is 8.06. The maximum absolute atomic E-state index is 11.1. The van der Waals surface area contributed by atoms with Crippen LogP contribution in [-0.2, 0) is 11.2 Å². The molecule has 0 aliphatic heterocycles. The molecule has 0 aromatic carbocycles. The van der Waals surface area contributed by atoms with Crippen molar-refractivity contribution in [2.75, 3.05) is 0 Å². The van der Waals surface area contributed by atoms with E-state index in [-0.39, 0.29) is 18.4 Å². The average molecular weight is 294 g/mol. The van der Waals surface area contributed by atoms with E-state index in [0.29, 0.717) is 5.92 Å². The van der Waals surface area contributed by atoms with Crippen LogP contribution in [0.25, 0.3) is 0 Å². The molecule has 6 heteroatoms. The Hall–Kier alpha value is -1.46. The highest BCUT2D eigenvalue weighted by atomic mass is 16.4. The number of carboxylic acids is 1. The molecule has 1 saturated carbocycles. The van der Waals surface area contributed by atoms with E-state index in [1.165, 1.54) is 38.5 Å². The van der Waals surface area contributed by atoms with E-state index in [9.17, 15) is 4.79 Å². The molecule has 118 valence electrons. The average Bonchev–Trinajstić information content (AvgIpc) is 2.70. The predicted molar refractivity (Wildman–Crippen MR) is 78.8 cm³/mol. The van der Waals surface area contributed by atoms with Gasteiger partial charge in [-0.05, 0) is 22.3 Å². The molecule has 0 saturated heterocycles. The predicted octanol–water partition coefficient (Wildman–Crippen LogP) is 2.86. The lowest BCUT2D eigenvalue weighted by Crippen LogP contribution is -2.23. The second-order valence-corrected chi connectivity index (χ2v) is 6.51. The fourth-order valence-corrected chi connectivity index (χ4v) is 3.21. The van der Waals surface area contributed by atoms with E-state index in [4.69, 9.17) is 5.11 Å². The number of tetrazole rings is 1. The van der Waals surface area contributed by atoms with Gasteiger partial charge >= 0.3 is 5.97 Å². The lowest BCUT2D eigenvalue weighted by molar-refractivity contribution is -0.138. The number of hydrogen-bond acceptors (Lipinski definition) is 4. The van der Waals surface area contributed by atoms with Crippen molar-refractivity contribution in [1.29, 1.82) is 0 Å². The zero-order chi connectivity index (χ0) is 15.2. The van der Waals surface area contributed by atoms with Crippen LogP contribution in [0.5, 0.6) is 0 Å². The van der Waals surface area contributed by atoms with Gasteiger partial charge in [-0.3, -0.25) is 4.79 Å². The first-order chi connectivity index (χ1) is 10.1. The van der Waals surface area contributed by atoms with Crippen LogP contribution in [0.2, 0.25) is 0 Å². The molecule has 1 aromatic rings. The highest BCUT2D eigenvalue weighted by Gasteiger charge is 2.25. The fourth-order valence-electron chi connectivity index (χ4n) is 3.21. The molecular weight excluding hydrogens is 268 g/mol. The Labute approximate surface area is 125 Å². The largest absolute Gasteiger partial charge is 0.481 e. The number of rotatable bonds is 6. The summed E-state index contributed by atoms with van der Waals surface area (Å²) in [6, 6.07) is -0.168. The molecule has 0 spiro atoms. The van der Waals surface area contributed by atoms with Gasteiger partial charge in [0.15, 0.2) is 5.82 Å². The van der Waals surface area contributed by atoms with Crippen molar-refractivity contribution in [3.63, 3.8) is 0 Å². The van der Waals surface area contributed by atoms with Crippen molar-refractivity contribution in [2.24, 2.45) is 11.8 Å². The molecule has 1 N–H and O–H groups in total. The number of aliphatic carboxylic acids is 1. The second kappa shape index (κ2) is 7.52. The summed E-state index contributed by atoms with van der Waals surface area (Å²) in [7, 11) is 0. The minimum absolute atomic E-state index is 0.0698. The van der Waals surface area contributed by atoms with E-state index in [2.05, 4.69) is 15.5 Å². The van der Waals surface area contributed by atoms with Crippen molar-refractivity contribution in [2.45, 2.75) is 71.3 Å². The molecule has 0 bridgehead atoms. The van der Waals surface area contributed by atoms with Gasteiger partial charge in [0, 0.05) is 6.42 Å². The van der Waals surface area contributed by atoms with Crippen LogP contribution in [-0.4, -0.2) is 31.3 Å². The molecular formula is C15H26N4O2. The summed E-state index contributed by atoms with van der Waals surface area (Å²) < 4.78 is 1.75. The van der Waals surface area contributed by atoms with E-state index >= 15 is 0 Å². The molecule has 21 heavy (non-hydrogen) atoms. The Bertz CT molecular complexity index is 450. The molecule has 1 aliphatic carbocycles. The van der Waals surface area contributed by atoms with Crippen LogP contribution in [0, 0.1) is 11.8 Å². The minimum atomic E-state index is -0.801. The summed E-state index contributed by atoms with van der Waals surface area (Å²) in [6.07, 6.45) is 8.64. The third kappa shape index (κ3) is 4.51.